The molecular formula is C16H16BrNO2. The second-order valence-electron chi connectivity index (χ2n) is 4.46. The SMILES string of the molecule is O=C(NC(CCO)c1ccccc1)c1ccc(Br)cc1. The number of rotatable bonds is 5. The van der Waals surface area contributed by atoms with Crippen molar-refractivity contribution < 1.29 is 9.90 Å². The number of carbonyl (C=O) groups excluding carboxylic acids is 1. The molecule has 0 aliphatic heterocycles. The first-order valence-electron chi connectivity index (χ1n) is 6.43. The highest BCUT2D eigenvalue weighted by molar-refractivity contribution is 9.10. The van der Waals surface area contributed by atoms with Crippen LogP contribution in [-0.2, 0) is 0 Å². The van der Waals surface area contributed by atoms with Crippen molar-refractivity contribution in [2.45, 2.75) is 12.5 Å². The lowest BCUT2D eigenvalue weighted by atomic mass is 10.0. The van der Waals surface area contributed by atoms with Crippen LogP contribution >= 0.6 is 15.9 Å². The van der Waals surface area contributed by atoms with Crippen molar-refractivity contribution in [1.29, 1.82) is 0 Å². The van der Waals surface area contributed by atoms with E-state index in [1.165, 1.54) is 0 Å². The van der Waals surface area contributed by atoms with Crippen LogP contribution in [0.3, 0.4) is 0 Å². The smallest absolute Gasteiger partial charge is 0.251 e. The molecule has 0 fully saturated rings. The average molecular weight is 334 g/mol. The first-order valence-corrected chi connectivity index (χ1v) is 7.22. The van der Waals surface area contributed by atoms with Crippen LogP contribution in [0.5, 0.6) is 0 Å². The molecule has 2 aromatic rings. The molecule has 20 heavy (non-hydrogen) atoms. The van der Waals surface area contributed by atoms with Gasteiger partial charge in [0.1, 0.15) is 0 Å². The Morgan fingerprint density at radius 2 is 1.75 bits per heavy atom. The minimum absolute atomic E-state index is 0.0280. The Morgan fingerprint density at radius 3 is 2.35 bits per heavy atom. The van der Waals surface area contributed by atoms with Crippen LogP contribution in [0.4, 0.5) is 0 Å². The molecule has 104 valence electrons. The molecular weight excluding hydrogens is 318 g/mol. The van der Waals surface area contributed by atoms with Gasteiger partial charge in [0.05, 0.1) is 6.04 Å². The van der Waals surface area contributed by atoms with Crippen LogP contribution in [0.15, 0.2) is 59.1 Å². The Bertz CT molecular complexity index is 554. The number of halogens is 1. The van der Waals surface area contributed by atoms with E-state index in [4.69, 9.17) is 5.11 Å². The van der Waals surface area contributed by atoms with E-state index in [0.29, 0.717) is 12.0 Å². The van der Waals surface area contributed by atoms with Gasteiger partial charge in [-0.3, -0.25) is 4.79 Å². The van der Waals surface area contributed by atoms with Crippen LogP contribution in [-0.4, -0.2) is 17.6 Å². The number of carbonyl (C=O) groups is 1. The molecule has 1 unspecified atom stereocenters. The van der Waals surface area contributed by atoms with Gasteiger partial charge in [-0.25, -0.2) is 0 Å². The molecule has 2 aromatic carbocycles. The number of benzene rings is 2. The normalized spacial score (nSPS) is 11.9. The lowest BCUT2D eigenvalue weighted by Gasteiger charge is -2.18. The Balaban J connectivity index is 2.12. The van der Waals surface area contributed by atoms with Crippen molar-refractivity contribution in [2.75, 3.05) is 6.61 Å². The molecule has 2 rings (SSSR count). The predicted octanol–water partition coefficient (Wildman–Crippen LogP) is 3.30. The summed E-state index contributed by atoms with van der Waals surface area (Å²) in [5.74, 6) is -0.139. The van der Waals surface area contributed by atoms with Crippen LogP contribution in [0.2, 0.25) is 0 Å². The first kappa shape index (κ1) is 14.8. The number of nitrogens with one attached hydrogen (secondary N) is 1. The van der Waals surface area contributed by atoms with Crippen molar-refractivity contribution >= 4 is 21.8 Å². The Morgan fingerprint density at radius 1 is 1.10 bits per heavy atom. The van der Waals surface area contributed by atoms with E-state index in [2.05, 4.69) is 21.2 Å². The lowest BCUT2D eigenvalue weighted by Crippen LogP contribution is -2.29. The van der Waals surface area contributed by atoms with E-state index in [0.717, 1.165) is 10.0 Å². The highest BCUT2D eigenvalue weighted by Crippen LogP contribution is 2.17. The molecule has 0 saturated heterocycles. The maximum absolute atomic E-state index is 12.2. The highest BCUT2D eigenvalue weighted by Gasteiger charge is 2.15. The maximum Gasteiger partial charge on any atom is 0.251 e. The van der Waals surface area contributed by atoms with Gasteiger partial charge in [0.15, 0.2) is 0 Å². The summed E-state index contributed by atoms with van der Waals surface area (Å²) in [4.78, 5) is 12.2. The molecule has 2 N–H and O–H groups in total. The molecule has 0 spiro atoms. The van der Waals surface area contributed by atoms with Crippen molar-refractivity contribution in [3.8, 4) is 0 Å². The van der Waals surface area contributed by atoms with Gasteiger partial charge in [-0.15, -0.1) is 0 Å². The second-order valence-corrected chi connectivity index (χ2v) is 5.37. The van der Waals surface area contributed by atoms with Crippen LogP contribution in [0.25, 0.3) is 0 Å². The van der Waals surface area contributed by atoms with Gasteiger partial charge in [0.2, 0.25) is 0 Å². The van der Waals surface area contributed by atoms with Gasteiger partial charge in [0.25, 0.3) is 5.91 Å². The average Bonchev–Trinajstić information content (AvgIpc) is 2.48. The van der Waals surface area contributed by atoms with Gasteiger partial charge in [0, 0.05) is 16.6 Å². The minimum Gasteiger partial charge on any atom is -0.396 e. The molecule has 0 bridgehead atoms. The van der Waals surface area contributed by atoms with Gasteiger partial charge < -0.3 is 10.4 Å². The summed E-state index contributed by atoms with van der Waals surface area (Å²) in [5, 5.41) is 12.1. The van der Waals surface area contributed by atoms with Crippen molar-refractivity contribution in [2.24, 2.45) is 0 Å². The third-order valence-corrected chi connectivity index (χ3v) is 3.56. The van der Waals surface area contributed by atoms with E-state index >= 15 is 0 Å². The third-order valence-electron chi connectivity index (χ3n) is 3.03. The number of aliphatic hydroxyl groups is 1. The summed E-state index contributed by atoms with van der Waals surface area (Å²) in [5.41, 5.74) is 1.60. The molecule has 0 aliphatic rings. The van der Waals surface area contributed by atoms with Crippen LogP contribution in [0.1, 0.15) is 28.4 Å². The van der Waals surface area contributed by atoms with E-state index in [1.54, 1.807) is 12.1 Å². The van der Waals surface area contributed by atoms with Crippen molar-refractivity contribution in [3.05, 3.63) is 70.2 Å². The van der Waals surface area contributed by atoms with Crippen LogP contribution in [0, 0.1) is 0 Å². The molecule has 0 saturated carbocycles. The molecule has 3 nitrogen and oxygen atoms in total. The van der Waals surface area contributed by atoms with Crippen molar-refractivity contribution in [1.82, 2.24) is 5.32 Å². The fourth-order valence-electron chi connectivity index (χ4n) is 1.98. The zero-order chi connectivity index (χ0) is 14.4. The minimum atomic E-state index is -0.183. The fourth-order valence-corrected chi connectivity index (χ4v) is 2.24. The third kappa shape index (κ3) is 3.92. The molecule has 0 heterocycles. The van der Waals surface area contributed by atoms with Gasteiger partial charge in [-0.2, -0.15) is 0 Å². The second kappa shape index (κ2) is 7.22. The van der Waals surface area contributed by atoms with Gasteiger partial charge >= 0.3 is 0 Å². The standard InChI is InChI=1S/C16H16BrNO2/c17-14-8-6-13(7-9-14)16(20)18-15(10-11-19)12-4-2-1-3-5-12/h1-9,15,19H,10-11H2,(H,18,20). The van der Waals surface area contributed by atoms with E-state index < -0.39 is 0 Å². The lowest BCUT2D eigenvalue weighted by molar-refractivity contribution is 0.0930. The molecule has 4 heteroatoms. The number of aliphatic hydroxyl groups excluding tert-OH is 1. The summed E-state index contributed by atoms with van der Waals surface area (Å²) in [6.45, 7) is 0.0280. The zero-order valence-corrected chi connectivity index (χ0v) is 12.5. The summed E-state index contributed by atoms with van der Waals surface area (Å²) >= 11 is 3.34. The zero-order valence-electron chi connectivity index (χ0n) is 10.9. The molecule has 0 aromatic heterocycles. The van der Waals surface area contributed by atoms with Gasteiger partial charge in [-0.05, 0) is 36.2 Å². The van der Waals surface area contributed by atoms with E-state index in [9.17, 15) is 4.79 Å². The summed E-state index contributed by atoms with van der Waals surface area (Å²) < 4.78 is 0.934. The number of hydrogen-bond acceptors (Lipinski definition) is 2. The number of amides is 1. The Kier molecular flexibility index (Phi) is 5.32. The fraction of sp³-hybridized carbons (Fsp3) is 0.188. The summed E-state index contributed by atoms with van der Waals surface area (Å²) in [7, 11) is 0. The largest absolute Gasteiger partial charge is 0.396 e. The van der Waals surface area contributed by atoms with E-state index in [-0.39, 0.29) is 18.6 Å². The first-order chi connectivity index (χ1) is 9.70. The Hall–Kier alpha value is -1.65. The maximum atomic E-state index is 12.2. The quantitative estimate of drug-likeness (QED) is 0.881. The topological polar surface area (TPSA) is 49.3 Å². The molecule has 0 aliphatic carbocycles. The van der Waals surface area contributed by atoms with E-state index in [1.807, 2.05) is 42.5 Å². The summed E-state index contributed by atoms with van der Waals surface area (Å²) in [6, 6.07) is 16.7. The molecule has 1 amide bonds. The van der Waals surface area contributed by atoms with Crippen LogP contribution < -0.4 is 5.32 Å². The summed E-state index contributed by atoms with van der Waals surface area (Å²) in [6.07, 6.45) is 0.492. The molecule has 1 atom stereocenters. The predicted molar refractivity (Wildman–Crippen MR) is 82.5 cm³/mol. The number of hydrogen-bond donors (Lipinski definition) is 2. The highest BCUT2D eigenvalue weighted by atomic mass is 79.9. The van der Waals surface area contributed by atoms with Crippen molar-refractivity contribution in [3.63, 3.8) is 0 Å². The molecule has 0 radical (unpaired) electrons. The van der Waals surface area contributed by atoms with Gasteiger partial charge in [-0.1, -0.05) is 46.3 Å². The Labute approximate surface area is 126 Å². The monoisotopic (exact) mass is 333 g/mol.